The van der Waals surface area contributed by atoms with E-state index in [0.29, 0.717) is 0 Å². The molecule has 3 aromatic carbocycles. The Labute approximate surface area is 230 Å². The fourth-order valence-electron chi connectivity index (χ4n) is 3.99. The van der Waals surface area contributed by atoms with E-state index >= 15 is 0 Å². The zero-order valence-corrected chi connectivity index (χ0v) is 23.8. The third kappa shape index (κ3) is 7.44. The third-order valence-electron chi connectivity index (χ3n) is 6.77. The Morgan fingerprint density at radius 1 is 0.923 bits per heavy atom. The van der Waals surface area contributed by atoms with Gasteiger partial charge in [0.05, 0.1) is 10.6 Å². The van der Waals surface area contributed by atoms with Crippen molar-refractivity contribution in [2.24, 2.45) is 0 Å². The van der Waals surface area contributed by atoms with Gasteiger partial charge in [-0.05, 0) is 81.6 Å². The summed E-state index contributed by atoms with van der Waals surface area (Å²) in [5.74, 6) is -1.44. The summed E-state index contributed by atoms with van der Waals surface area (Å²) in [7, 11) is -4.24. The molecule has 2 amide bonds. The van der Waals surface area contributed by atoms with Gasteiger partial charge < -0.3 is 10.2 Å². The Kier molecular flexibility index (Phi) is 9.86. The van der Waals surface area contributed by atoms with Crippen LogP contribution in [-0.4, -0.2) is 43.8 Å². The van der Waals surface area contributed by atoms with Crippen LogP contribution in [0.15, 0.2) is 77.7 Å². The van der Waals surface area contributed by atoms with Gasteiger partial charge in [-0.25, -0.2) is 12.8 Å². The molecule has 1 N–H and O–H groups in total. The predicted molar refractivity (Wildman–Crippen MR) is 151 cm³/mol. The van der Waals surface area contributed by atoms with Gasteiger partial charge in [0.15, 0.2) is 0 Å². The summed E-state index contributed by atoms with van der Waals surface area (Å²) in [5, 5.41) is 2.92. The minimum Gasteiger partial charge on any atom is -0.352 e. The number of sulfonamides is 1. The molecule has 0 radical (unpaired) electrons. The van der Waals surface area contributed by atoms with Crippen molar-refractivity contribution in [3.05, 3.63) is 95.3 Å². The molecular formula is C30H36FN3O4S. The molecule has 39 heavy (non-hydrogen) atoms. The molecule has 3 aromatic rings. The summed E-state index contributed by atoms with van der Waals surface area (Å²) in [4.78, 5) is 28.3. The molecule has 0 saturated heterocycles. The van der Waals surface area contributed by atoms with Crippen LogP contribution in [0.3, 0.4) is 0 Å². The van der Waals surface area contributed by atoms with Gasteiger partial charge in [-0.15, -0.1) is 0 Å². The third-order valence-corrected chi connectivity index (χ3v) is 8.56. The summed E-state index contributed by atoms with van der Waals surface area (Å²) in [5.41, 5.74) is 2.99. The largest absolute Gasteiger partial charge is 0.352 e. The number of carbonyl (C=O) groups excluding carboxylic acids is 2. The fraction of sp³-hybridized carbons (Fsp3) is 0.333. The number of rotatable bonds is 11. The molecular weight excluding hydrogens is 517 g/mol. The van der Waals surface area contributed by atoms with Crippen LogP contribution in [-0.2, 0) is 26.2 Å². The highest BCUT2D eigenvalue weighted by Gasteiger charge is 2.33. The maximum Gasteiger partial charge on any atom is 0.264 e. The van der Waals surface area contributed by atoms with Gasteiger partial charge in [0.1, 0.15) is 18.4 Å². The molecule has 0 spiro atoms. The van der Waals surface area contributed by atoms with Crippen molar-refractivity contribution >= 4 is 27.5 Å². The zero-order valence-electron chi connectivity index (χ0n) is 23.0. The van der Waals surface area contributed by atoms with Crippen molar-refractivity contribution in [1.29, 1.82) is 0 Å². The summed E-state index contributed by atoms with van der Waals surface area (Å²) in [6, 6.07) is 17.8. The van der Waals surface area contributed by atoms with Gasteiger partial charge in [0.25, 0.3) is 10.0 Å². The number of benzene rings is 3. The fourth-order valence-corrected chi connectivity index (χ4v) is 5.41. The molecule has 208 valence electrons. The minimum atomic E-state index is -4.24. The van der Waals surface area contributed by atoms with Crippen LogP contribution in [0.5, 0.6) is 0 Å². The zero-order chi connectivity index (χ0) is 28.7. The van der Waals surface area contributed by atoms with Gasteiger partial charge in [-0.3, -0.25) is 13.9 Å². The second-order valence-corrected chi connectivity index (χ2v) is 11.6. The van der Waals surface area contributed by atoms with E-state index in [-0.39, 0.29) is 29.1 Å². The molecule has 0 unspecified atom stereocenters. The van der Waals surface area contributed by atoms with Gasteiger partial charge in [-0.2, -0.15) is 0 Å². The number of halogens is 1. The highest BCUT2D eigenvalue weighted by Crippen LogP contribution is 2.25. The monoisotopic (exact) mass is 553 g/mol. The molecule has 9 heteroatoms. The highest BCUT2D eigenvalue weighted by atomic mass is 32.2. The molecule has 3 rings (SSSR count). The number of hydrogen-bond acceptors (Lipinski definition) is 4. The van der Waals surface area contributed by atoms with E-state index < -0.39 is 34.3 Å². The van der Waals surface area contributed by atoms with Gasteiger partial charge >= 0.3 is 0 Å². The lowest BCUT2D eigenvalue weighted by atomic mass is 10.1. The maximum absolute atomic E-state index is 13.9. The van der Waals surface area contributed by atoms with Crippen molar-refractivity contribution in [2.45, 2.75) is 64.6 Å². The van der Waals surface area contributed by atoms with Crippen LogP contribution < -0.4 is 9.62 Å². The van der Waals surface area contributed by atoms with Crippen LogP contribution in [0, 0.1) is 19.7 Å². The Morgan fingerprint density at radius 2 is 1.54 bits per heavy atom. The topological polar surface area (TPSA) is 86.8 Å². The SMILES string of the molecule is CC[C@H](C)NC(=O)[C@@H](C)N(Cc1ccccc1C)C(=O)CN(c1ccc(C)cc1)S(=O)(=O)c1ccc(F)cc1. The predicted octanol–water partition coefficient (Wildman–Crippen LogP) is 4.97. The average molecular weight is 554 g/mol. The lowest BCUT2D eigenvalue weighted by Crippen LogP contribution is -2.52. The first-order valence-electron chi connectivity index (χ1n) is 12.9. The number of amides is 2. The Hall–Kier alpha value is -3.72. The van der Waals surface area contributed by atoms with Crippen LogP contribution >= 0.6 is 0 Å². The Balaban J connectivity index is 2.03. The minimum absolute atomic E-state index is 0.0849. The Bertz CT molecular complexity index is 1390. The number of aryl methyl sites for hydroxylation is 2. The van der Waals surface area contributed by atoms with Crippen LogP contribution in [0.1, 0.15) is 43.9 Å². The van der Waals surface area contributed by atoms with Gasteiger partial charge in [0.2, 0.25) is 11.8 Å². The number of hydrogen-bond donors (Lipinski definition) is 1. The molecule has 0 aliphatic heterocycles. The molecule has 0 fully saturated rings. The number of anilines is 1. The number of nitrogens with zero attached hydrogens (tertiary/aromatic N) is 2. The lowest BCUT2D eigenvalue weighted by molar-refractivity contribution is -0.139. The van der Waals surface area contributed by atoms with E-state index in [2.05, 4.69) is 5.32 Å². The molecule has 0 aliphatic carbocycles. The first kappa shape index (κ1) is 29.8. The second-order valence-electron chi connectivity index (χ2n) is 9.74. The Morgan fingerprint density at radius 3 is 2.13 bits per heavy atom. The van der Waals surface area contributed by atoms with Crippen LogP contribution in [0.2, 0.25) is 0 Å². The molecule has 2 atom stereocenters. The van der Waals surface area contributed by atoms with Gasteiger partial charge in [-0.1, -0.05) is 48.9 Å². The molecule has 0 aliphatic rings. The molecule has 7 nitrogen and oxygen atoms in total. The average Bonchev–Trinajstić information content (AvgIpc) is 2.91. The molecule has 0 saturated carbocycles. The normalized spacial score (nSPS) is 12.9. The van der Waals surface area contributed by atoms with E-state index in [1.54, 1.807) is 31.2 Å². The summed E-state index contributed by atoms with van der Waals surface area (Å²) in [6.07, 6.45) is 0.724. The van der Waals surface area contributed by atoms with Crippen LogP contribution in [0.25, 0.3) is 0 Å². The quantitative estimate of drug-likeness (QED) is 0.363. The molecule has 0 bridgehead atoms. The van der Waals surface area contributed by atoms with E-state index in [0.717, 1.165) is 39.5 Å². The van der Waals surface area contributed by atoms with E-state index in [1.807, 2.05) is 52.0 Å². The van der Waals surface area contributed by atoms with Crippen LogP contribution in [0.4, 0.5) is 10.1 Å². The molecule has 0 aromatic heterocycles. The summed E-state index contributed by atoms with van der Waals surface area (Å²) >= 11 is 0. The first-order valence-corrected chi connectivity index (χ1v) is 14.4. The van der Waals surface area contributed by atoms with E-state index in [4.69, 9.17) is 0 Å². The van der Waals surface area contributed by atoms with Crippen molar-refractivity contribution in [2.75, 3.05) is 10.8 Å². The van der Waals surface area contributed by atoms with Crippen molar-refractivity contribution in [3.8, 4) is 0 Å². The smallest absolute Gasteiger partial charge is 0.264 e. The standard InChI is InChI=1S/C30H36FN3O4S/c1-6-23(4)32-30(36)24(5)33(19-25-10-8-7-9-22(25)3)29(35)20-34(27-15-11-21(2)12-16-27)39(37,38)28-17-13-26(31)14-18-28/h7-18,23-24H,6,19-20H2,1-5H3,(H,32,36)/t23-,24+/m0/s1. The van der Waals surface area contributed by atoms with Crippen molar-refractivity contribution in [3.63, 3.8) is 0 Å². The highest BCUT2D eigenvalue weighted by molar-refractivity contribution is 7.92. The lowest BCUT2D eigenvalue weighted by Gasteiger charge is -2.32. The van der Waals surface area contributed by atoms with Crippen molar-refractivity contribution < 1.29 is 22.4 Å². The maximum atomic E-state index is 13.9. The summed E-state index contributed by atoms with van der Waals surface area (Å²) < 4.78 is 42.1. The number of carbonyl (C=O) groups is 2. The summed E-state index contributed by atoms with van der Waals surface area (Å²) in [6.45, 7) is 8.83. The van der Waals surface area contributed by atoms with E-state index in [1.165, 1.54) is 17.0 Å². The van der Waals surface area contributed by atoms with E-state index in [9.17, 15) is 22.4 Å². The second kappa shape index (κ2) is 12.9. The number of nitrogens with one attached hydrogen (secondary N) is 1. The molecule has 0 heterocycles. The first-order chi connectivity index (χ1) is 18.4. The van der Waals surface area contributed by atoms with Crippen molar-refractivity contribution in [1.82, 2.24) is 10.2 Å². The van der Waals surface area contributed by atoms with Gasteiger partial charge in [0, 0.05) is 12.6 Å².